The van der Waals surface area contributed by atoms with Gasteiger partial charge in [-0.05, 0) is 43.7 Å². The summed E-state index contributed by atoms with van der Waals surface area (Å²) in [5.41, 5.74) is 8.36. The van der Waals surface area contributed by atoms with Crippen molar-refractivity contribution in [2.45, 2.75) is 26.5 Å². The van der Waals surface area contributed by atoms with Crippen molar-refractivity contribution in [1.29, 1.82) is 0 Å². The molecule has 0 spiro atoms. The summed E-state index contributed by atoms with van der Waals surface area (Å²) in [6.45, 7) is 4.88. The van der Waals surface area contributed by atoms with Gasteiger partial charge in [-0.25, -0.2) is 0 Å². The predicted octanol–water partition coefficient (Wildman–Crippen LogP) is 2.65. The van der Waals surface area contributed by atoms with Crippen LogP contribution in [0.5, 0.6) is 5.75 Å². The van der Waals surface area contributed by atoms with E-state index in [4.69, 9.17) is 10.5 Å². The van der Waals surface area contributed by atoms with Gasteiger partial charge in [0.1, 0.15) is 11.9 Å². The minimum atomic E-state index is -0.108. The Morgan fingerprint density at radius 1 is 1.14 bits per heavy atom. The van der Waals surface area contributed by atoms with E-state index in [0.717, 1.165) is 11.3 Å². The van der Waals surface area contributed by atoms with Crippen molar-refractivity contribution in [2.24, 2.45) is 5.73 Å². The van der Waals surface area contributed by atoms with E-state index in [1.165, 1.54) is 5.56 Å². The van der Waals surface area contributed by atoms with E-state index in [1.807, 2.05) is 50.2 Å². The van der Waals surface area contributed by atoms with Gasteiger partial charge in [0.25, 0.3) is 5.91 Å². The molecule has 0 saturated heterocycles. The Kier molecular flexibility index (Phi) is 5.55. The number of aryl methyl sites for hydroxylation is 1. The van der Waals surface area contributed by atoms with Crippen LogP contribution < -0.4 is 15.8 Å². The zero-order chi connectivity index (χ0) is 15.9. The SMILES string of the molecule is Cc1ccc(OC(C)CNC(=O)c2ccc(CN)cc2)cc1. The summed E-state index contributed by atoms with van der Waals surface area (Å²) in [6, 6.07) is 15.1. The van der Waals surface area contributed by atoms with Crippen LogP contribution in [0, 0.1) is 6.92 Å². The lowest BCUT2D eigenvalue weighted by molar-refractivity contribution is 0.0932. The third-order valence-corrected chi connectivity index (χ3v) is 3.36. The van der Waals surface area contributed by atoms with Crippen LogP contribution in [0.4, 0.5) is 0 Å². The first-order chi connectivity index (χ1) is 10.6. The first-order valence-electron chi connectivity index (χ1n) is 7.39. The Hall–Kier alpha value is -2.33. The van der Waals surface area contributed by atoms with E-state index in [2.05, 4.69) is 5.32 Å². The number of hydrogen-bond acceptors (Lipinski definition) is 3. The van der Waals surface area contributed by atoms with E-state index >= 15 is 0 Å². The van der Waals surface area contributed by atoms with E-state index < -0.39 is 0 Å². The summed E-state index contributed by atoms with van der Waals surface area (Å²) in [5, 5.41) is 2.87. The molecule has 1 atom stereocenters. The number of carbonyl (C=O) groups excluding carboxylic acids is 1. The van der Waals surface area contributed by atoms with E-state index in [-0.39, 0.29) is 12.0 Å². The normalized spacial score (nSPS) is 11.8. The molecule has 0 bridgehead atoms. The van der Waals surface area contributed by atoms with Gasteiger partial charge in [-0.15, -0.1) is 0 Å². The number of benzene rings is 2. The second-order valence-electron chi connectivity index (χ2n) is 5.35. The van der Waals surface area contributed by atoms with Crippen molar-refractivity contribution >= 4 is 5.91 Å². The highest BCUT2D eigenvalue weighted by Crippen LogP contribution is 2.13. The van der Waals surface area contributed by atoms with Crippen molar-refractivity contribution in [1.82, 2.24) is 5.32 Å². The first kappa shape index (κ1) is 16.0. The molecule has 116 valence electrons. The molecule has 2 aromatic rings. The second-order valence-corrected chi connectivity index (χ2v) is 5.35. The Bertz CT molecular complexity index is 606. The third kappa shape index (κ3) is 4.60. The molecule has 0 aromatic heterocycles. The minimum Gasteiger partial charge on any atom is -0.489 e. The lowest BCUT2D eigenvalue weighted by Crippen LogP contribution is -2.33. The van der Waals surface area contributed by atoms with Crippen molar-refractivity contribution in [3.63, 3.8) is 0 Å². The predicted molar refractivity (Wildman–Crippen MR) is 87.9 cm³/mol. The number of nitrogens with two attached hydrogens (primary N) is 1. The zero-order valence-corrected chi connectivity index (χ0v) is 13.0. The number of amides is 1. The van der Waals surface area contributed by atoms with Crippen LogP contribution >= 0.6 is 0 Å². The van der Waals surface area contributed by atoms with Crippen molar-refractivity contribution < 1.29 is 9.53 Å². The Labute approximate surface area is 131 Å². The molecule has 0 saturated carbocycles. The lowest BCUT2D eigenvalue weighted by Gasteiger charge is -2.15. The summed E-state index contributed by atoms with van der Waals surface area (Å²) in [5.74, 6) is 0.697. The Balaban J connectivity index is 1.83. The van der Waals surface area contributed by atoms with Gasteiger partial charge < -0.3 is 15.8 Å². The average molecular weight is 298 g/mol. The second kappa shape index (κ2) is 7.61. The smallest absolute Gasteiger partial charge is 0.251 e. The molecule has 1 amide bonds. The van der Waals surface area contributed by atoms with E-state index in [0.29, 0.717) is 18.7 Å². The fourth-order valence-corrected chi connectivity index (χ4v) is 2.02. The molecule has 22 heavy (non-hydrogen) atoms. The zero-order valence-electron chi connectivity index (χ0n) is 13.0. The van der Waals surface area contributed by atoms with Crippen molar-refractivity contribution in [2.75, 3.05) is 6.54 Å². The van der Waals surface area contributed by atoms with Crippen LogP contribution in [0.1, 0.15) is 28.4 Å². The molecule has 0 heterocycles. The maximum atomic E-state index is 12.0. The standard InChI is InChI=1S/C18H22N2O2/c1-13-3-9-17(10-4-13)22-14(2)12-20-18(21)16-7-5-15(11-19)6-8-16/h3-10,14H,11-12,19H2,1-2H3,(H,20,21). The van der Waals surface area contributed by atoms with E-state index in [1.54, 1.807) is 12.1 Å². The largest absolute Gasteiger partial charge is 0.489 e. The van der Waals surface area contributed by atoms with Crippen LogP contribution in [0.3, 0.4) is 0 Å². The number of hydrogen-bond donors (Lipinski definition) is 2. The van der Waals surface area contributed by atoms with Crippen molar-refractivity contribution in [3.05, 3.63) is 65.2 Å². The molecular weight excluding hydrogens is 276 g/mol. The number of carbonyl (C=O) groups is 1. The fraction of sp³-hybridized carbons (Fsp3) is 0.278. The van der Waals surface area contributed by atoms with Crippen LogP contribution in [0.25, 0.3) is 0 Å². The maximum Gasteiger partial charge on any atom is 0.251 e. The molecule has 4 heteroatoms. The lowest BCUT2D eigenvalue weighted by atomic mass is 10.1. The molecule has 2 aromatic carbocycles. The van der Waals surface area contributed by atoms with Gasteiger partial charge in [-0.2, -0.15) is 0 Å². The minimum absolute atomic E-state index is 0.102. The highest BCUT2D eigenvalue weighted by molar-refractivity contribution is 5.94. The average Bonchev–Trinajstić information content (AvgIpc) is 2.55. The molecule has 0 radical (unpaired) electrons. The van der Waals surface area contributed by atoms with Gasteiger partial charge in [-0.3, -0.25) is 4.79 Å². The molecule has 1 unspecified atom stereocenters. The van der Waals surface area contributed by atoms with Gasteiger partial charge in [0, 0.05) is 12.1 Å². The maximum absolute atomic E-state index is 12.0. The molecule has 0 aliphatic rings. The quantitative estimate of drug-likeness (QED) is 0.861. The summed E-state index contributed by atoms with van der Waals surface area (Å²) in [6.07, 6.45) is -0.102. The molecule has 0 fully saturated rings. The van der Waals surface area contributed by atoms with Crippen LogP contribution in [-0.4, -0.2) is 18.6 Å². The van der Waals surface area contributed by atoms with Gasteiger partial charge >= 0.3 is 0 Å². The van der Waals surface area contributed by atoms with Gasteiger partial charge in [0.05, 0.1) is 6.54 Å². The number of nitrogens with one attached hydrogen (secondary N) is 1. The summed E-state index contributed by atoms with van der Waals surface area (Å²) in [4.78, 5) is 12.0. The van der Waals surface area contributed by atoms with Crippen molar-refractivity contribution in [3.8, 4) is 5.75 Å². The fourth-order valence-electron chi connectivity index (χ4n) is 2.02. The number of rotatable bonds is 6. The topological polar surface area (TPSA) is 64.3 Å². The van der Waals surface area contributed by atoms with Gasteiger partial charge in [0.2, 0.25) is 0 Å². The number of ether oxygens (including phenoxy) is 1. The van der Waals surface area contributed by atoms with Gasteiger partial charge in [0.15, 0.2) is 0 Å². The third-order valence-electron chi connectivity index (χ3n) is 3.36. The highest BCUT2D eigenvalue weighted by Gasteiger charge is 2.09. The monoisotopic (exact) mass is 298 g/mol. The van der Waals surface area contributed by atoms with Crippen LogP contribution in [0.2, 0.25) is 0 Å². The van der Waals surface area contributed by atoms with Crippen LogP contribution in [0.15, 0.2) is 48.5 Å². The summed E-state index contributed by atoms with van der Waals surface area (Å²) < 4.78 is 5.76. The molecule has 0 aliphatic heterocycles. The van der Waals surface area contributed by atoms with E-state index in [9.17, 15) is 4.79 Å². The summed E-state index contributed by atoms with van der Waals surface area (Å²) in [7, 11) is 0. The molecule has 4 nitrogen and oxygen atoms in total. The van der Waals surface area contributed by atoms with Crippen LogP contribution in [-0.2, 0) is 6.54 Å². The Morgan fingerprint density at radius 2 is 1.77 bits per heavy atom. The molecule has 0 aliphatic carbocycles. The highest BCUT2D eigenvalue weighted by atomic mass is 16.5. The first-order valence-corrected chi connectivity index (χ1v) is 7.39. The Morgan fingerprint density at radius 3 is 2.36 bits per heavy atom. The molecule has 2 rings (SSSR count). The summed E-state index contributed by atoms with van der Waals surface area (Å²) >= 11 is 0. The molecular formula is C18H22N2O2. The molecule has 3 N–H and O–H groups in total. The van der Waals surface area contributed by atoms with Gasteiger partial charge in [-0.1, -0.05) is 29.8 Å².